The fourth-order valence-corrected chi connectivity index (χ4v) is 4.95. The predicted molar refractivity (Wildman–Crippen MR) is 151 cm³/mol. The molecule has 0 spiro atoms. The third-order valence-corrected chi connectivity index (χ3v) is 7.54. The lowest BCUT2D eigenvalue weighted by molar-refractivity contribution is -0.149. The van der Waals surface area contributed by atoms with Crippen molar-refractivity contribution in [2.45, 2.75) is 182 Å². The number of hydrogen-bond acceptors (Lipinski definition) is 2. The fraction of sp³-hybridized carbons (Fsp3) is 0.969. The number of hydrogen-bond donors (Lipinski definition) is 0. The van der Waals surface area contributed by atoms with Crippen LogP contribution in [0.15, 0.2) is 0 Å². The van der Waals surface area contributed by atoms with Gasteiger partial charge in [0.1, 0.15) is 0 Å². The van der Waals surface area contributed by atoms with Gasteiger partial charge >= 0.3 is 5.97 Å². The summed E-state index contributed by atoms with van der Waals surface area (Å²) in [6, 6.07) is 0. The highest BCUT2D eigenvalue weighted by Gasteiger charge is 2.17. The number of ether oxygens (including phenoxy) is 1. The second kappa shape index (κ2) is 27.1. The van der Waals surface area contributed by atoms with Gasteiger partial charge in [-0.2, -0.15) is 0 Å². The van der Waals surface area contributed by atoms with Crippen molar-refractivity contribution >= 4 is 5.97 Å². The second-order valence-electron chi connectivity index (χ2n) is 11.1. The highest BCUT2D eigenvalue weighted by atomic mass is 16.5. The van der Waals surface area contributed by atoms with E-state index in [2.05, 4.69) is 27.7 Å². The Morgan fingerprint density at radius 1 is 0.500 bits per heavy atom. The molecule has 0 N–H and O–H groups in total. The van der Waals surface area contributed by atoms with Gasteiger partial charge in [-0.15, -0.1) is 0 Å². The summed E-state index contributed by atoms with van der Waals surface area (Å²) in [7, 11) is 0. The number of esters is 1. The molecule has 0 aliphatic carbocycles. The van der Waals surface area contributed by atoms with E-state index in [1.807, 2.05) is 0 Å². The smallest absolute Gasteiger partial charge is 0.308 e. The summed E-state index contributed by atoms with van der Waals surface area (Å²) < 4.78 is 5.79. The number of carbonyl (C=O) groups excluding carboxylic acids is 1. The summed E-state index contributed by atoms with van der Waals surface area (Å²) >= 11 is 0. The van der Waals surface area contributed by atoms with Crippen molar-refractivity contribution in [3.05, 3.63) is 0 Å². The molecule has 0 saturated carbocycles. The fourth-order valence-electron chi connectivity index (χ4n) is 4.95. The lowest BCUT2D eigenvalue weighted by Gasteiger charge is -2.18. The summed E-state index contributed by atoms with van der Waals surface area (Å²) in [4.78, 5) is 12.5. The maximum Gasteiger partial charge on any atom is 0.308 e. The zero-order valence-electron chi connectivity index (χ0n) is 24.1. The van der Waals surface area contributed by atoms with Gasteiger partial charge in [0.25, 0.3) is 0 Å². The number of unbranched alkanes of at least 4 members (excludes halogenated alkanes) is 18. The molecule has 0 saturated heterocycles. The Hall–Kier alpha value is -0.530. The first kappa shape index (κ1) is 33.5. The van der Waals surface area contributed by atoms with Crippen molar-refractivity contribution in [1.29, 1.82) is 0 Å². The molecule has 2 nitrogen and oxygen atoms in total. The Bertz CT molecular complexity index is 406. The minimum atomic E-state index is 0.0437. The normalized spacial score (nSPS) is 13.2. The molecular weight excluding hydrogens is 416 g/mol. The minimum Gasteiger partial charge on any atom is -0.465 e. The van der Waals surface area contributed by atoms with E-state index in [0.717, 1.165) is 6.42 Å². The van der Waals surface area contributed by atoms with Crippen molar-refractivity contribution in [2.24, 2.45) is 11.8 Å². The quantitative estimate of drug-likeness (QED) is 0.0862. The van der Waals surface area contributed by atoms with Gasteiger partial charge in [-0.05, 0) is 25.2 Å². The molecule has 2 heteroatoms. The Labute approximate surface area is 215 Å². The van der Waals surface area contributed by atoms with Crippen LogP contribution in [-0.4, -0.2) is 12.6 Å². The summed E-state index contributed by atoms with van der Waals surface area (Å²) in [5.41, 5.74) is 0. The van der Waals surface area contributed by atoms with Crippen LogP contribution < -0.4 is 0 Å². The van der Waals surface area contributed by atoms with Crippen molar-refractivity contribution in [2.75, 3.05) is 6.61 Å². The van der Waals surface area contributed by atoms with Crippen LogP contribution in [0.1, 0.15) is 182 Å². The van der Waals surface area contributed by atoms with E-state index in [1.165, 1.54) is 148 Å². The molecule has 0 bridgehead atoms. The zero-order chi connectivity index (χ0) is 25.1. The van der Waals surface area contributed by atoms with E-state index in [9.17, 15) is 4.79 Å². The summed E-state index contributed by atoms with van der Waals surface area (Å²) in [5.74, 6) is 0.675. The molecule has 0 fully saturated rings. The van der Waals surface area contributed by atoms with Crippen LogP contribution in [0.25, 0.3) is 0 Å². The molecule has 0 aromatic heterocycles. The molecular formula is C32H64O2. The molecule has 2 unspecified atom stereocenters. The first-order valence-electron chi connectivity index (χ1n) is 15.8. The third-order valence-electron chi connectivity index (χ3n) is 7.54. The highest BCUT2D eigenvalue weighted by molar-refractivity contribution is 5.71. The summed E-state index contributed by atoms with van der Waals surface area (Å²) in [6.45, 7) is 9.53. The van der Waals surface area contributed by atoms with Gasteiger partial charge in [0, 0.05) is 0 Å². The largest absolute Gasteiger partial charge is 0.465 e. The summed E-state index contributed by atoms with van der Waals surface area (Å²) in [6.07, 6.45) is 31.9. The SMILES string of the molecule is CCCCCCCCCCCCCCC(CCCC)COC(=O)C(C)CCCCCCCCC. The molecule has 2 atom stereocenters. The van der Waals surface area contributed by atoms with Crippen LogP contribution in [0.5, 0.6) is 0 Å². The first-order chi connectivity index (χ1) is 16.7. The Kier molecular flexibility index (Phi) is 26.6. The lowest BCUT2D eigenvalue weighted by atomic mass is 9.95. The monoisotopic (exact) mass is 480 g/mol. The molecule has 0 amide bonds. The Morgan fingerprint density at radius 2 is 0.853 bits per heavy atom. The van der Waals surface area contributed by atoms with Gasteiger partial charge in [-0.3, -0.25) is 4.79 Å². The van der Waals surface area contributed by atoms with Gasteiger partial charge in [-0.25, -0.2) is 0 Å². The van der Waals surface area contributed by atoms with E-state index in [0.29, 0.717) is 12.5 Å². The van der Waals surface area contributed by atoms with Gasteiger partial charge in [0.2, 0.25) is 0 Å². The average molecular weight is 481 g/mol. The first-order valence-corrected chi connectivity index (χ1v) is 15.8. The maximum absolute atomic E-state index is 12.5. The number of carbonyl (C=O) groups is 1. The molecule has 0 aromatic rings. The van der Waals surface area contributed by atoms with Crippen molar-refractivity contribution in [3.8, 4) is 0 Å². The van der Waals surface area contributed by atoms with Crippen LogP contribution in [0.3, 0.4) is 0 Å². The number of rotatable bonds is 27. The molecule has 0 aliphatic heterocycles. The molecule has 34 heavy (non-hydrogen) atoms. The van der Waals surface area contributed by atoms with Crippen LogP contribution in [0, 0.1) is 11.8 Å². The predicted octanol–water partition coefficient (Wildman–Crippen LogP) is 11.2. The van der Waals surface area contributed by atoms with Crippen LogP contribution >= 0.6 is 0 Å². The van der Waals surface area contributed by atoms with Crippen molar-refractivity contribution < 1.29 is 9.53 Å². The molecule has 0 radical (unpaired) electrons. The van der Waals surface area contributed by atoms with E-state index >= 15 is 0 Å². The van der Waals surface area contributed by atoms with E-state index in [4.69, 9.17) is 4.74 Å². The highest BCUT2D eigenvalue weighted by Crippen LogP contribution is 2.20. The molecule has 0 rings (SSSR count). The van der Waals surface area contributed by atoms with Gasteiger partial charge in [0.05, 0.1) is 12.5 Å². The second-order valence-corrected chi connectivity index (χ2v) is 11.1. The van der Waals surface area contributed by atoms with Crippen LogP contribution in [0.4, 0.5) is 0 Å². The van der Waals surface area contributed by atoms with E-state index in [-0.39, 0.29) is 11.9 Å². The third kappa shape index (κ3) is 23.2. The topological polar surface area (TPSA) is 26.3 Å². The molecule has 0 heterocycles. The van der Waals surface area contributed by atoms with Crippen LogP contribution in [-0.2, 0) is 9.53 Å². The standard InChI is InChI=1S/C32H64O2/c1-5-8-11-13-15-16-17-18-19-21-23-25-28-31(27-10-7-3)29-34-32(33)30(4)26-24-22-20-14-12-9-6-2/h30-31H,5-29H2,1-4H3. The van der Waals surface area contributed by atoms with Crippen molar-refractivity contribution in [3.63, 3.8) is 0 Å². The molecule has 0 aliphatic rings. The van der Waals surface area contributed by atoms with E-state index < -0.39 is 0 Å². The molecule has 0 aromatic carbocycles. The van der Waals surface area contributed by atoms with E-state index in [1.54, 1.807) is 0 Å². The van der Waals surface area contributed by atoms with Gasteiger partial charge < -0.3 is 4.74 Å². The van der Waals surface area contributed by atoms with Gasteiger partial charge in [-0.1, -0.05) is 163 Å². The average Bonchev–Trinajstić information content (AvgIpc) is 2.84. The summed E-state index contributed by atoms with van der Waals surface area (Å²) in [5, 5.41) is 0. The van der Waals surface area contributed by atoms with Gasteiger partial charge in [0.15, 0.2) is 0 Å². The minimum absolute atomic E-state index is 0.0437. The van der Waals surface area contributed by atoms with Crippen molar-refractivity contribution in [1.82, 2.24) is 0 Å². The maximum atomic E-state index is 12.5. The zero-order valence-corrected chi connectivity index (χ0v) is 24.1. The lowest BCUT2D eigenvalue weighted by Crippen LogP contribution is -2.19. The Morgan fingerprint density at radius 3 is 1.29 bits per heavy atom. The Balaban J connectivity index is 3.81. The molecule has 204 valence electrons. The van der Waals surface area contributed by atoms with Crippen LogP contribution in [0.2, 0.25) is 0 Å².